The standard InChI is InChI=1S/C27H21BrCl2N2O4S2/c1-3-35-22-12-16(11-19(28)24(22)36-14-18-20(29)5-4-6-21(18)30)13-23-26(34)32(27(37)38-23)31-25(33)17-9-7-15(2)8-10-17/h4-13H,3,14H2,1-2H3,(H,31,33)/b23-13-. The van der Waals surface area contributed by atoms with Gasteiger partial charge in [-0.15, -0.1) is 0 Å². The number of aryl methyl sites for hydroxylation is 1. The van der Waals surface area contributed by atoms with Crippen molar-refractivity contribution in [1.82, 2.24) is 10.4 Å². The van der Waals surface area contributed by atoms with Crippen molar-refractivity contribution in [1.29, 1.82) is 0 Å². The molecule has 0 atom stereocenters. The van der Waals surface area contributed by atoms with Gasteiger partial charge in [0, 0.05) is 21.2 Å². The molecule has 1 saturated heterocycles. The molecule has 0 radical (unpaired) electrons. The SMILES string of the molecule is CCOc1cc(/C=C2\SC(=S)N(NC(=O)c3ccc(C)cc3)C2=O)cc(Br)c1OCc1c(Cl)cccc1Cl. The highest BCUT2D eigenvalue weighted by molar-refractivity contribution is 9.10. The van der Waals surface area contributed by atoms with Crippen molar-refractivity contribution in [2.75, 3.05) is 6.61 Å². The molecule has 0 aromatic heterocycles. The average molecular weight is 652 g/mol. The molecule has 0 unspecified atom stereocenters. The second-order valence-electron chi connectivity index (χ2n) is 8.08. The Bertz CT molecular complexity index is 1430. The maximum atomic E-state index is 13.1. The zero-order valence-corrected chi connectivity index (χ0v) is 24.9. The predicted molar refractivity (Wildman–Crippen MR) is 160 cm³/mol. The first-order chi connectivity index (χ1) is 18.2. The van der Waals surface area contributed by atoms with Crippen molar-refractivity contribution in [3.63, 3.8) is 0 Å². The van der Waals surface area contributed by atoms with E-state index in [1.54, 1.807) is 48.5 Å². The molecule has 11 heteroatoms. The largest absolute Gasteiger partial charge is 0.490 e. The van der Waals surface area contributed by atoms with Crippen molar-refractivity contribution in [3.05, 3.63) is 96.3 Å². The van der Waals surface area contributed by atoms with Crippen LogP contribution in [-0.4, -0.2) is 27.8 Å². The van der Waals surface area contributed by atoms with Gasteiger partial charge in [0.25, 0.3) is 11.8 Å². The molecular formula is C27H21BrCl2N2O4S2. The Hall–Kier alpha value is -2.56. The number of thiocarbonyl (C=S) groups is 1. The van der Waals surface area contributed by atoms with E-state index in [0.717, 1.165) is 22.3 Å². The molecule has 38 heavy (non-hydrogen) atoms. The van der Waals surface area contributed by atoms with Crippen LogP contribution in [0.15, 0.2) is 64.0 Å². The van der Waals surface area contributed by atoms with Gasteiger partial charge < -0.3 is 9.47 Å². The number of nitrogens with one attached hydrogen (secondary N) is 1. The lowest BCUT2D eigenvalue weighted by Crippen LogP contribution is -2.44. The van der Waals surface area contributed by atoms with E-state index in [9.17, 15) is 9.59 Å². The molecular weight excluding hydrogens is 631 g/mol. The summed E-state index contributed by atoms with van der Waals surface area (Å²) in [5, 5.41) is 2.08. The van der Waals surface area contributed by atoms with Crippen LogP contribution in [-0.2, 0) is 11.4 Å². The molecule has 3 aromatic rings. The molecule has 4 rings (SSSR count). The van der Waals surface area contributed by atoms with Crippen molar-refractivity contribution in [3.8, 4) is 11.5 Å². The number of carbonyl (C=O) groups is 2. The minimum atomic E-state index is -0.428. The zero-order valence-electron chi connectivity index (χ0n) is 20.2. The maximum absolute atomic E-state index is 13.1. The summed E-state index contributed by atoms with van der Waals surface area (Å²) in [6.45, 7) is 4.32. The summed E-state index contributed by atoms with van der Waals surface area (Å²) in [4.78, 5) is 26.0. The number of hydrogen-bond acceptors (Lipinski definition) is 6. The number of nitrogens with zero attached hydrogens (tertiary/aromatic N) is 1. The van der Waals surface area contributed by atoms with Gasteiger partial charge in [0.15, 0.2) is 15.8 Å². The van der Waals surface area contributed by atoms with E-state index in [1.165, 1.54) is 0 Å². The monoisotopic (exact) mass is 650 g/mol. The number of benzene rings is 3. The van der Waals surface area contributed by atoms with Crippen LogP contribution >= 0.6 is 63.1 Å². The molecule has 1 heterocycles. The lowest BCUT2D eigenvalue weighted by atomic mass is 10.1. The van der Waals surface area contributed by atoms with Gasteiger partial charge in [-0.1, -0.05) is 58.7 Å². The number of hydrazine groups is 1. The molecule has 2 amide bonds. The van der Waals surface area contributed by atoms with E-state index >= 15 is 0 Å². The molecule has 1 fully saturated rings. The molecule has 196 valence electrons. The predicted octanol–water partition coefficient (Wildman–Crippen LogP) is 7.59. The number of ether oxygens (including phenoxy) is 2. The van der Waals surface area contributed by atoms with Gasteiger partial charge in [-0.2, -0.15) is 5.01 Å². The fourth-order valence-corrected chi connectivity index (χ4v) is 5.74. The van der Waals surface area contributed by atoms with Crippen LogP contribution in [0.4, 0.5) is 0 Å². The number of halogens is 3. The number of thioether (sulfide) groups is 1. The Labute approximate surface area is 248 Å². The summed E-state index contributed by atoms with van der Waals surface area (Å²) in [7, 11) is 0. The van der Waals surface area contributed by atoms with E-state index < -0.39 is 11.8 Å². The van der Waals surface area contributed by atoms with Gasteiger partial charge in [0.2, 0.25) is 0 Å². The first-order valence-electron chi connectivity index (χ1n) is 11.4. The lowest BCUT2D eigenvalue weighted by Gasteiger charge is -2.16. The van der Waals surface area contributed by atoms with Crippen molar-refractivity contribution >= 4 is 85.3 Å². The van der Waals surface area contributed by atoms with Crippen LogP contribution in [0.25, 0.3) is 6.08 Å². The second kappa shape index (κ2) is 12.5. The number of carbonyl (C=O) groups excluding carboxylic acids is 2. The molecule has 6 nitrogen and oxygen atoms in total. The van der Waals surface area contributed by atoms with Gasteiger partial charge in [0.05, 0.1) is 16.0 Å². The Morgan fingerprint density at radius 3 is 2.47 bits per heavy atom. The molecule has 0 spiro atoms. The van der Waals surface area contributed by atoms with Crippen LogP contribution in [0.2, 0.25) is 10.0 Å². The quantitative estimate of drug-likeness (QED) is 0.200. The van der Waals surface area contributed by atoms with Crippen LogP contribution in [0, 0.1) is 6.92 Å². The van der Waals surface area contributed by atoms with Gasteiger partial charge in [-0.25, -0.2) is 0 Å². The first-order valence-corrected chi connectivity index (χ1v) is 14.1. The van der Waals surface area contributed by atoms with Crippen molar-refractivity contribution in [2.24, 2.45) is 0 Å². The molecule has 1 aliphatic heterocycles. The summed E-state index contributed by atoms with van der Waals surface area (Å²) >= 11 is 22.5. The van der Waals surface area contributed by atoms with Crippen LogP contribution in [0.1, 0.15) is 34.0 Å². The maximum Gasteiger partial charge on any atom is 0.285 e. The number of hydrogen-bond donors (Lipinski definition) is 1. The van der Waals surface area contributed by atoms with E-state index in [2.05, 4.69) is 21.4 Å². The Kier molecular flexibility index (Phi) is 9.38. The highest BCUT2D eigenvalue weighted by Gasteiger charge is 2.34. The second-order valence-corrected chi connectivity index (χ2v) is 11.4. The summed E-state index contributed by atoms with van der Waals surface area (Å²) in [6, 6.07) is 15.8. The minimum Gasteiger partial charge on any atom is -0.490 e. The van der Waals surface area contributed by atoms with Gasteiger partial charge in [0.1, 0.15) is 6.61 Å². The molecule has 0 bridgehead atoms. The van der Waals surface area contributed by atoms with E-state index in [-0.39, 0.29) is 10.9 Å². The van der Waals surface area contributed by atoms with Gasteiger partial charge in [-0.3, -0.25) is 15.0 Å². The first kappa shape index (κ1) is 28.4. The van der Waals surface area contributed by atoms with Crippen molar-refractivity contribution in [2.45, 2.75) is 20.5 Å². The Morgan fingerprint density at radius 2 is 1.82 bits per heavy atom. The van der Waals surface area contributed by atoms with E-state index in [0.29, 0.717) is 54.2 Å². The van der Waals surface area contributed by atoms with Gasteiger partial charge >= 0.3 is 0 Å². The summed E-state index contributed by atoms with van der Waals surface area (Å²) in [6.07, 6.45) is 1.68. The molecule has 0 saturated carbocycles. The number of amides is 2. The third-order valence-electron chi connectivity index (χ3n) is 5.37. The third-order valence-corrected chi connectivity index (χ3v) is 7.97. The van der Waals surface area contributed by atoms with E-state index in [4.69, 9.17) is 44.9 Å². The smallest absolute Gasteiger partial charge is 0.285 e. The third kappa shape index (κ3) is 6.52. The van der Waals surface area contributed by atoms with Crippen molar-refractivity contribution < 1.29 is 19.1 Å². The molecule has 0 aliphatic carbocycles. The van der Waals surface area contributed by atoms with Crippen LogP contribution < -0.4 is 14.9 Å². The Morgan fingerprint density at radius 1 is 1.13 bits per heavy atom. The van der Waals surface area contributed by atoms with Crippen LogP contribution in [0.5, 0.6) is 11.5 Å². The molecule has 1 N–H and O–H groups in total. The molecule has 3 aromatic carbocycles. The van der Waals surface area contributed by atoms with E-state index in [1.807, 2.05) is 26.0 Å². The lowest BCUT2D eigenvalue weighted by molar-refractivity contribution is -0.123. The zero-order chi connectivity index (χ0) is 27.4. The fraction of sp³-hybridized carbons (Fsp3) is 0.148. The topological polar surface area (TPSA) is 67.9 Å². The van der Waals surface area contributed by atoms with Crippen LogP contribution in [0.3, 0.4) is 0 Å². The summed E-state index contributed by atoms with van der Waals surface area (Å²) in [5.74, 6) is 0.0876. The highest BCUT2D eigenvalue weighted by atomic mass is 79.9. The number of rotatable bonds is 8. The van der Waals surface area contributed by atoms with Gasteiger partial charge in [-0.05, 0) is 90.0 Å². The normalized spacial score (nSPS) is 14.2. The minimum absolute atomic E-state index is 0.135. The average Bonchev–Trinajstić information content (AvgIpc) is 3.12. The summed E-state index contributed by atoms with van der Waals surface area (Å²) in [5.41, 5.74) is 5.37. The summed E-state index contributed by atoms with van der Waals surface area (Å²) < 4.78 is 12.7. The Balaban J connectivity index is 1.54. The molecule has 1 aliphatic rings. The fourth-order valence-electron chi connectivity index (χ4n) is 3.48. The highest BCUT2D eigenvalue weighted by Crippen LogP contribution is 2.40.